The number of carbonyl (C=O) groups excluding carboxylic acids is 2. The highest BCUT2D eigenvalue weighted by molar-refractivity contribution is 6.58. The fraction of sp³-hybridized carbons (Fsp3) is 0.133. The summed E-state index contributed by atoms with van der Waals surface area (Å²) in [6.07, 6.45) is 1.29. The lowest BCUT2D eigenvalue weighted by Gasteiger charge is -2.18. The van der Waals surface area contributed by atoms with E-state index in [1.54, 1.807) is 31.1 Å². The van der Waals surface area contributed by atoms with Gasteiger partial charge in [0.05, 0.1) is 0 Å². The van der Waals surface area contributed by atoms with Crippen molar-refractivity contribution in [1.82, 2.24) is 0 Å². The Labute approximate surface area is 117 Å². The number of Topliss-reactive ketones (excluding diaryl/α,β-unsaturated/α-hetero) is 2. The molecular weight excluding hydrogens is 255 g/mol. The lowest BCUT2D eigenvalue weighted by Crippen LogP contribution is -2.24. The van der Waals surface area contributed by atoms with Gasteiger partial charge in [0.2, 0.25) is 0 Å². The van der Waals surface area contributed by atoms with Crippen LogP contribution in [0.2, 0.25) is 6.82 Å². The predicted octanol–water partition coefficient (Wildman–Crippen LogP) is 1.84. The van der Waals surface area contributed by atoms with Gasteiger partial charge in [-0.2, -0.15) is 0 Å². The van der Waals surface area contributed by atoms with Crippen LogP contribution in [0.5, 0.6) is 0 Å². The SMILES string of the molecule is CBC1=C(/C=C(\C)C(=O)O)C(=O)c2ccccc2C1=O. The highest BCUT2D eigenvalue weighted by Crippen LogP contribution is 2.27. The third kappa shape index (κ3) is 2.22. The zero-order valence-corrected chi connectivity index (χ0v) is 11.3. The largest absolute Gasteiger partial charge is 0.478 e. The zero-order valence-electron chi connectivity index (χ0n) is 11.3. The average Bonchev–Trinajstić information content (AvgIpc) is 2.44. The molecule has 0 saturated heterocycles. The van der Waals surface area contributed by atoms with Crippen LogP contribution in [0.15, 0.2) is 47.0 Å². The first-order valence-corrected chi connectivity index (χ1v) is 6.30. The van der Waals surface area contributed by atoms with Crippen LogP contribution in [-0.4, -0.2) is 29.9 Å². The Kier molecular flexibility index (Phi) is 3.70. The van der Waals surface area contributed by atoms with Crippen molar-refractivity contribution in [3.63, 3.8) is 0 Å². The van der Waals surface area contributed by atoms with Gasteiger partial charge in [-0.05, 0) is 18.5 Å². The van der Waals surface area contributed by atoms with E-state index in [2.05, 4.69) is 0 Å². The van der Waals surface area contributed by atoms with Gasteiger partial charge < -0.3 is 5.11 Å². The maximum atomic E-state index is 12.4. The summed E-state index contributed by atoms with van der Waals surface area (Å²) in [4.78, 5) is 35.7. The second-order valence-electron chi connectivity index (χ2n) is 4.58. The summed E-state index contributed by atoms with van der Waals surface area (Å²) in [7, 11) is 0.387. The second kappa shape index (κ2) is 5.29. The molecule has 1 aliphatic rings. The first-order chi connectivity index (χ1) is 9.47. The molecule has 0 unspecified atom stereocenters. The molecule has 0 fully saturated rings. The fourth-order valence-electron chi connectivity index (χ4n) is 2.23. The molecule has 0 spiro atoms. The summed E-state index contributed by atoms with van der Waals surface area (Å²) in [5.41, 5.74) is 1.32. The van der Waals surface area contributed by atoms with Crippen molar-refractivity contribution in [3.8, 4) is 0 Å². The molecule has 1 aliphatic carbocycles. The summed E-state index contributed by atoms with van der Waals surface area (Å²) in [5.74, 6) is -1.60. The normalized spacial score (nSPS) is 15.2. The number of carboxylic acid groups (broad SMARTS) is 1. The number of hydrogen-bond donors (Lipinski definition) is 1. The minimum Gasteiger partial charge on any atom is -0.478 e. The van der Waals surface area contributed by atoms with Crippen molar-refractivity contribution >= 4 is 24.8 Å². The molecule has 0 aliphatic heterocycles. The van der Waals surface area contributed by atoms with Gasteiger partial charge in [0.1, 0.15) is 0 Å². The van der Waals surface area contributed by atoms with Crippen LogP contribution in [0, 0.1) is 0 Å². The topological polar surface area (TPSA) is 71.4 Å². The lowest BCUT2D eigenvalue weighted by molar-refractivity contribution is -0.132. The number of carboxylic acids is 1. The van der Waals surface area contributed by atoms with E-state index in [1.165, 1.54) is 13.0 Å². The number of fused-ring (bicyclic) bond motifs is 1. The van der Waals surface area contributed by atoms with E-state index in [0.29, 0.717) is 23.9 Å². The minimum absolute atomic E-state index is 0.0338. The first kappa shape index (κ1) is 14.0. The molecule has 5 heteroatoms. The molecule has 1 N–H and O–H groups in total. The van der Waals surface area contributed by atoms with E-state index in [-0.39, 0.29) is 22.7 Å². The Morgan fingerprint density at radius 1 is 1.15 bits per heavy atom. The Morgan fingerprint density at radius 2 is 1.70 bits per heavy atom. The number of aliphatic carboxylic acids is 1. The van der Waals surface area contributed by atoms with Gasteiger partial charge in [-0.1, -0.05) is 31.1 Å². The second-order valence-corrected chi connectivity index (χ2v) is 4.58. The molecule has 20 heavy (non-hydrogen) atoms. The maximum absolute atomic E-state index is 12.4. The standard InChI is InChI=1S/C15H13BO4/c1-8(15(19)20)7-11-12(16-2)14(18)10-6-4-3-5-9(10)13(11)17/h3-7,16H,1-2H3,(H,19,20)/b8-7+. The molecule has 0 radical (unpaired) electrons. The average molecular weight is 268 g/mol. The zero-order chi connectivity index (χ0) is 14.9. The molecular formula is C15H13BO4. The molecule has 0 bridgehead atoms. The van der Waals surface area contributed by atoms with Crippen LogP contribution in [0.3, 0.4) is 0 Å². The third-order valence-corrected chi connectivity index (χ3v) is 3.31. The Morgan fingerprint density at radius 3 is 2.20 bits per heavy atom. The molecule has 1 aromatic carbocycles. The van der Waals surface area contributed by atoms with Crippen LogP contribution in [0.4, 0.5) is 0 Å². The van der Waals surface area contributed by atoms with Crippen molar-refractivity contribution in [3.05, 3.63) is 58.1 Å². The summed E-state index contributed by atoms with van der Waals surface area (Å²) < 4.78 is 0. The monoisotopic (exact) mass is 268 g/mol. The van der Waals surface area contributed by atoms with E-state index in [1.807, 2.05) is 0 Å². The highest BCUT2D eigenvalue weighted by Gasteiger charge is 2.29. The quantitative estimate of drug-likeness (QED) is 0.670. The highest BCUT2D eigenvalue weighted by atomic mass is 16.4. The molecule has 100 valence electrons. The van der Waals surface area contributed by atoms with E-state index in [9.17, 15) is 14.4 Å². The van der Waals surface area contributed by atoms with Gasteiger partial charge in [0, 0.05) is 22.3 Å². The molecule has 2 rings (SSSR count). The van der Waals surface area contributed by atoms with Gasteiger partial charge >= 0.3 is 5.97 Å². The molecule has 0 aromatic heterocycles. The lowest BCUT2D eigenvalue weighted by atomic mass is 9.63. The van der Waals surface area contributed by atoms with E-state index >= 15 is 0 Å². The van der Waals surface area contributed by atoms with Crippen molar-refractivity contribution < 1.29 is 19.5 Å². The van der Waals surface area contributed by atoms with Gasteiger partial charge in [-0.15, -0.1) is 0 Å². The van der Waals surface area contributed by atoms with Gasteiger partial charge in [-0.25, -0.2) is 4.79 Å². The fourth-order valence-corrected chi connectivity index (χ4v) is 2.23. The summed E-state index contributed by atoms with van der Waals surface area (Å²) >= 11 is 0. The van der Waals surface area contributed by atoms with Gasteiger partial charge in [0.25, 0.3) is 0 Å². The van der Waals surface area contributed by atoms with Crippen molar-refractivity contribution in [1.29, 1.82) is 0 Å². The number of allylic oxidation sites excluding steroid dienone is 3. The van der Waals surface area contributed by atoms with Crippen LogP contribution >= 0.6 is 0 Å². The van der Waals surface area contributed by atoms with Crippen molar-refractivity contribution in [2.24, 2.45) is 0 Å². The van der Waals surface area contributed by atoms with Crippen molar-refractivity contribution in [2.45, 2.75) is 13.7 Å². The number of ketones is 2. The van der Waals surface area contributed by atoms with Crippen LogP contribution in [0.25, 0.3) is 0 Å². The van der Waals surface area contributed by atoms with Crippen molar-refractivity contribution in [2.75, 3.05) is 0 Å². The van der Waals surface area contributed by atoms with Gasteiger partial charge in [-0.3, -0.25) is 9.59 Å². The summed E-state index contributed by atoms with van der Waals surface area (Å²) in [6, 6.07) is 6.61. The molecule has 0 saturated carbocycles. The van der Waals surface area contributed by atoms with Crippen LogP contribution in [0.1, 0.15) is 27.6 Å². The van der Waals surface area contributed by atoms with Crippen LogP contribution < -0.4 is 0 Å². The van der Waals surface area contributed by atoms with E-state index in [0.717, 1.165) is 0 Å². The Bertz CT molecular complexity index is 683. The number of hydrogen-bond acceptors (Lipinski definition) is 3. The maximum Gasteiger partial charge on any atom is 0.331 e. The molecule has 0 heterocycles. The minimum atomic E-state index is -1.10. The Hall–Kier alpha value is -2.43. The number of carbonyl (C=O) groups is 3. The third-order valence-electron chi connectivity index (χ3n) is 3.31. The van der Waals surface area contributed by atoms with Gasteiger partial charge in [0.15, 0.2) is 18.8 Å². The summed E-state index contributed by atoms with van der Waals surface area (Å²) in [6.45, 7) is 3.18. The Balaban J connectivity index is 2.66. The van der Waals surface area contributed by atoms with E-state index < -0.39 is 5.97 Å². The van der Waals surface area contributed by atoms with Crippen LogP contribution in [-0.2, 0) is 4.79 Å². The number of rotatable bonds is 3. The molecule has 0 amide bonds. The molecule has 0 atom stereocenters. The van der Waals surface area contributed by atoms with E-state index in [4.69, 9.17) is 5.11 Å². The molecule has 1 aromatic rings. The molecule has 4 nitrogen and oxygen atoms in total. The predicted molar refractivity (Wildman–Crippen MR) is 76.5 cm³/mol. The smallest absolute Gasteiger partial charge is 0.331 e. The number of benzene rings is 1. The summed E-state index contributed by atoms with van der Waals surface area (Å²) in [5, 5.41) is 8.93. The first-order valence-electron chi connectivity index (χ1n) is 6.30.